The third-order valence-electron chi connectivity index (χ3n) is 2.92. The Balaban J connectivity index is 1.79. The maximum atomic E-state index is 12.3. The first-order valence-corrected chi connectivity index (χ1v) is 7.31. The highest BCUT2D eigenvalue weighted by Gasteiger charge is 2.17. The number of benzene rings is 1. The summed E-state index contributed by atoms with van der Waals surface area (Å²) < 4.78 is 1.65. The molecule has 2 N–H and O–H groups in total. The number of thiophene rings is 1. The van der Waals surface area contributed by atoms with Crippen LogP contribution < -0.4 is 10.9 Å². The summed E-state index contributed by atoms with van der Waals surface area (Å²) in [5.74, 6) is -0.213. The number of hydrazine groups is 1. The maximum absolute atomic E-state index is 12.3. The average Bonchev–Trinajstić information content (AvgIpc) is 3.14. The van der Waals surface area contributed by atoms with E-state index in [9.17, 15) is 4.79 Å². The van der Waals surface area contributed by atoms with E-state index in [0.717, 1.165) is 10.6 Å². The van der Waals surface area contributed by atoms with Crippen LogP contribution in [0.3, 0.4) is 0 Å². The van der Waals surface area contributed by atoms with Crippen LogP contribution in [0.1, 0.15) is 10.4 Å². The van der Waals surface area contributed by atoms with E-state index in [-0.39, 0.29) is 5.91 Å². The second kappa shape index (κ2) is 5.80. The van der Waals surface area contributed by atoms with Crippen molar-refractivity contribution >= 4 is 22.9 Å². The van der Waals surface area contributed by atoms with E-state index in [2.05, 4.69) is 16.0 Å². The minimum Gasteiger partial charge on any atom is -0.298 e. The molecule has 0 fully saturated rings. The van der Waals surface area contributed by atoms with E-state index in [0.29, 0.717) is 11.3 Å². The van der Waals surface area contributed by atoms with Gasteiger partial charge in [0, 0.05) is 13.2 Å². The van der Waals surface area contributed by atoms with Crippen molar-refractivity contribution in [3.63, 3.8) is 0 Å². The second-order valence-corrected chi connectivity index (χ2v) is 5.44. The predicted molar refractivity (Wildman–Crippen MR) is 84.1 cm³/mol. The molecule has 0 unspecified atom stereocenters. The molecular formula is C15H14N4OS. The first kappa shape index (κ1) is 13.4. The maximum Gasteiger partial charge on any atom is 0.273 e. The normalized spacial score (nSPS) is 10.3. The number of nitrogens with one attached hydrogen (secondary N) is 2. The highest BCUT2D eigenvalue weighted by molar-refractivity contribution is 7.13. The number of aryl methyl sites for hydroxylation is 1. The van der Waals surface area contributed by atoms with Gasteiger partial charge in [0.25, 0.3) is 5.91 Å². The average molecular weight is 298 g/mol. The van der Waals surface area contributed by atoms with Crippen LogP contribution in [0.4, 0.5) is 5.69 Å². The summed E-state index contributed by atoms with van der Waals surface area (Å²) in [6.07, 6.45) is 1.72. The number of anilines is 1. The van der Waals surface area contributed by atoms with Crippen molar-refractivity contribution in [2.45, 2.75) is 0 Å². The van der Waals surface area contributed by atoms with Crippen molar-refractivity contribution < 1.29 is 4.79 Å². The molecule has 5 nitrogen and oxygen atoms in total. The number of para-hydroxylation sites is 1. The van der Waals surface area contributed by atoms with Crippen molar-refractivity contribution in [3.05, 3.63) is 59.6 Å². The van der Waals surface area contributed by atoms with Crippen LogP contribution in [0.5, 0.6) is 0 Å². The van der Waals surface area contributed by atoms with Gasteiger partial charge in [0.15, 0.2) is 0 Å². The van der Waals surface area contributed by atoms with E-state index in [1.165, 1.54) is 0 Å². The number of rotatable bonds is 4. The number of carbonyl (C=O) groups excluding carboxylic acids is 1. The molecular weight excluding hydrogens is 284 g/mol. The highest BCUT2D eigenvalue weighted by atomic mass is 32.1. The summed E-state index contributed by atoms with van der Waals surface area (Å²) in [4.78, 5) is 13.3. The van der Waals surface area contributed by atoms with Gasteiger partial charge >= 0.3 is 0 Å². The van der Waals surface area contributed by atoms with Crippen LogP contribution in [0.15, 0.2) is 54.0 Å². The SMILES string of the molecule is Cn1cc(C(=O)NNc2ccccc2)c(-c2cccs2)n1. The van der Waals surface area contributed by atoms with Gasteiger partial charge in [0.2, 0.25) is 0 Å². The van der Waals surface area contributed by atoms with Gasteiger partial charge in [-0.1, -0.05) is 24.3 Å². The molecule has 1 amide bonds. The van der Waals surface area contributed by atoms with Gasteiger partial charge in [-0.05, 0) is 23.6 Å². The molecule has 21 heavy (non-hydrogen) atoms. The van der Waals surface area contributed by atoms with E-state index >= 15 is 0 Å². The Morgan fingerprint density at radius 1 is 1.19 bits per heavy atom. The topological polar surface area (TPSA) is 59.0 Å². The lowest BCUT2D eigenvalue weighted by Gasteiger charge is -2.07. The van der Waals surface area contributed by atoms with Crippen LogP contribution in [0.2, 0.25) is 0 Å². The van der Waals surface area contributed by atoms with Gasteiger partial charge in [0.1, 0.15) is 5.69 Å². The van der Waals surface area contributed by atoms with E-state index in [1.54, 1.807) is 29.3 Å². The van der Waals surface area contributed by atoms with Gasteiger partial charge in [-0.15, -0.1) is 11.3 Å². The zero-order valence-electron chi connectivity index (χ0n) is 11.4. The molecule has 0 aliphatic carbocycles. The summed E-state index contributed by atoms with van der Waals surface area (Å²) in [5, 5.41) is 6.33. The Morgan fingerprint density at radius 2 is 2.00 bits per heavy atom. The zero-order chi connectivity index (χ0) is 14.7. The molecule has 0 saturated heterocycles. The summed E-state index contributed by atoms with van der Waals surface area (Å²) in [6, 6.07) is 13.4. The lowest BCUT2D eigenvalue weighted by Crippen LogP contribution is -2.29. The minimum absolute atomic E-state index is 0.213. The van der Waals surface area contributed by atoms with Gasteiger partial charge in [-0.2, -0.15) is 5.10 Å². The molecule has 2 aromatic heterocycles. The molecule has 2 heterocycles. The summed E-state index contributed by atoms with van der Waals surface area (Å²) in [5.41, 5.74) is 7.65. The summed E-state index contributed by atoms with van der Waals surface area (Å²) in [7, 11) is 1.80. The molecule has 0 aliphatic heterocycles. The first-order valence-electron chi connectivity index (χ1n) is 6.43. The second-order valence-electron chi connectivity index (χ2n) is 4.49. The predicted octanol–water partition coefficient (Wildman–Crippen LogP) is 2.91. The van der Waals surface area contributed by atoms with Crippen molar-refractivity contribution in [2.24, 2.45) is 7.05 Å². The molecule has 0 spiro atoms. The van der Waals surface area contributed by atoms with Crippen molar-refractivity contribution in [1.29, 1.82) is 0 Å². The smallest absolute Gasteiger partial charge is 0.273 e. The Hall–Kier alpha value is -2.60. The standard InChI is InChI=1S/C15H14N4OS/c1-19-10-12(14(18-19)13-8-5-9-21-13)15(20)17-16-11-6-3-2-4-7-11/h2-10,16H,1H3,(H,17,20). The third kappa shape index (κ3) is 2.95. The number of hydrogen-bond donors (Lipinski definition) is 2. The molecule has 6 heteroatoms. The molecule has 0 bridgehead atoms. The molecule has 0 saturated carbocycles. The Labute approximate surface area is 126 Å². The summed E-state index contributed by atoms with van der Waals surface area (Å²) in [6.45, 7) is 0. The van der Waals surface area contributed by atoms with Crippen LogP contribution in [0.25, 0.3) is 10.6 Å². The van der Waals surface area contributed by atoms with Gasteiger partial charge in [-0.25, -0.2) is 0 Å². The molecule has 0 radical (unpaired) electrons. The lowest BCUT2D eigenvalue weighted by molar-refractivity contribution is 0.0963. The summed E-state index contributed by atoms with van der Waals surface area (Å²) >= 11 is 1.56. The molecule has 3 aromatic rings. The number of nitrogens with zero attached hydrogens (tertiary/aromatic N) is 2. The Bertz CT molecular complexity index is 734. The number of hydrogen-bond acceptors (Lipinski definition) is 4. The van der Waals surface area contributed by atoms with E-state index in [4.69, 9.17) is 0 Å². The van der Waals surface area contributed by atoms with Crippen LogP contribution in [-0.4, -0.2) is 15.7 Å². The number of amides is 1. The van der Waals surface area contributed by atoms with Crippen molar-refractivity contribution in [3.8, 4) is 10.6 Å². The highest BCUT2D eigenvalue weighted by Crippen LogP contribution is 2.26. The number of aromatic nitrogens is 2. The van der Waals surface area contributed by atoms with Gasteiger partial charge in [-0.3, -0.25) is 20.3 Å². The van der Waals surface area contributed by atoms with Crippen molar-refractivity contribution in [2.75, 3.05) is 5.43 Å². The molecule has 3 rings (SSSR count). The van der Waals surface area contributed by atoms with Crippen LogP contribution >= 0.6 is 11.3 Å². The molecule has 0 aliphatic rings. The molecule has 0 atom stereocenters. The lowest BCUT2D eigenvalue weighted by atomic mass is 10.2. The third-order valence-corrected chi connectivity index (χ3v) is 3.80. The fourth-order valence-electron chi connectivity index (χ4n) is 1.97. The van der Waals surface area contributed by atoms with E-state index in [1.807, 2.05) is 47.8 Å². The zero-order valence-corrected chi connectivity index (χ0v) is 12.2. The van der Waals surface area contributed by atoms with Crippen molar-refractivity contribution in [1.82, 2.24) is 15.2 Å². The minimum atomic E-state index is -0.213. The first-order chi connectivity index (χ1) is 10.2. The van der Waals surface area contributed by atoms with Gasteiger partial charge < -0.3 is 0 Å². The van der Waals surface area contributed by atoms with E-state index < -0.39 is 0 Å². The monoisotopic (exact) mass is 298 g/mol. The van der Waals surface area contributed by atoms with Gasteiger partial charge in [0.05, 0.1) is 16.1 Å². The number of carbonyl (C=O) groups is 1. The fraction of sp³-hybridized carbons (Fsp3) is 0.0667. The Morgan fingerprint density at radius 3 is 2.71 bits per heavy atom. The van der Waals surface area contributed by atoms with Crippen LogP contribution in [-0.2, 0) is 7.05 Å². The molecule has 1 aromatic carbocycles. The largest absolute Gasteiger partial charge is 0.298 e. The Kier molecular flexibility index (Phi) is 3.70. The fourth-order valence-corrected chi connectivity index (χ4v) is 2.69. The molecule has 106 valence electrons. The quantitative estimate of drug-likeness (QED) is 0.728. The van der Waals surface area contributed by atoms with Crippen LogP contribution in [0, 0.1) is 0 Å².